The standard InChI is InChI=1S/C16H19F4N5O3/c1-3-7(4-2)22-12-10-13(24-15(23-12)16(18,19)20)25(6-21-10)14-9(17)11(27)8(5-26)28-14/h6-7,9,14,26-27H,3-5H2,1-2H3,(H,22,23,24)/t9?,14-/m1/s1. The first-order chi connectivity index (χ1) is 13.2. The van der Waals surface area contributed by atoms with E-state index in [9.17, 15) is 22.7 Å². The number of anilines is 1. The molecule has 2 aromatic heterocycles. The maximum Gasteiger partial charge on any atom is 0.451 e. The van der Waals surface area contributed by atoms with Gasteiger partial charge in [-0.2, -0.15) is 13.2 Å². The Morgan fingerprint density at radius 1 is 1.29 bits per heavy atom. The third-order valence-corrected chi connectivity index (χ3v) is 4.48. The van der Waals surface area contributed by atoms with E-state index in [4.69, 9.17) is 9.84 Å². The summed E-state index contributed by atoms with van der Waals surface area (Å²) in [6.45, 7) is 2.97. The van der Waals surface area contributed by atoms with Gasteiger partial charge in [0, 0.05) is 6.04 Å². The average Bonchev–Trinajstić information content (AvgIpc) is 3.20. The van der Waals surface area contributed by atoms with E-state index in [1.165, 1.54) is 0 Å². The summed E-state index contributed by atoms with van der Waals surface area (Å²) in [6, 6.07) is -0.146. The number of hydrogen-bond acceptors (Lipinski definition) is 7. The van der Waals surface area contributed by atoms with Gasteiger partial charge in [0.15, 0.2) is 28.5 Å². The third-order valence-electron chi connectivity index (χ3n) is 4.48. The highest BCUT2D eigenvalue weighted by molar-refractivity contribution is 5.83. The van der Waals surface area contributed by atoms with Gasteiger partial charge in [0.05, 0.1) is 0 Å². The minimum absolute atomic E-state index is 0.00707. The van der Waals surface area contributed by atoms with Crippen LogP contribution in [0, 0.1) is 0 Å². The van der Waals surface area contributed by atoms with Crippen molar-refractivity contribution in [2.75, 3.05) is 11.9 Å². The zero-order valence-electron chi connectivity index (χ0n) is 15.0. The highest BCUT2D eigenvalue weighted by Crippen LogP contribution is 2.37. The molecule has 8 nitrogen and oxygen atoms in total. The molecule has 1 aliphatic heterocycles. The smallest absolute Gasteiger partial charge is 0.451 e. The van der Waals surface area contributed by atoms with Gasteiger partial charge in [0.25, 0.3) is 0 Å². The summed E-state index contributed by atoms with van der Waals surface area (Å²) >= 11 is 0. The summed E-state index contributed by atoms with van der Waals surface area (Å²) < 4.78 is 60.4. The molecule has 0 bridgehead atoms. The summed E-state index contributed by atoms with van der Waals surface area (Å²) in [4.78, 5) is 11.1. The summed E-state index contributed by atoms with van der Waals surface area (Å²) in [5.41, 5.74) is -0.303. The first-order valence-corrected chi connectivity index (χ1v) is 8.63. The molecular formula is C16H19F4N5O3. The number of aliphatic hydroxyl groups is 2. The maximum absolute atomic E-state index is 14.4. The van der Waals surface area contributed by atoms with Crippen LogP contribution in [0.1, 0.15) is 38.7 Å². The Morgan fingerprint density at radius 3 is 2.50 bits per heavy atom. The third kappa shape index (κ3) is 3.43. The van der Waals surface area contributed by atoms with Crippen molar-refractivity contribution in [1.29, 1.82) is 0 Å². The van der Waals surface area contributed by atoms with Crippen LogP contribution < -0.4 is 5.32 Å². The van der Waals surface area contributed by atoms with E-state index in [0.717, 1.165) is 10.9 Å². The molecule has 0 aromatic carbocycles. The van der Waals surface area contributed by atoms with Gasteiger partial charge < -0.3 is 20.3 Å². The monoisotopic (exact) mass is 405 g/mol. The number of ether oxygens (including phenoxy) is 1. The van der Waals surface area contributed by atoms with E-state index in [-0.39, 0.29) is 23.0 Å². The lowest BCUT2D eigenvalue weighted by Crippen LogP contribution is -2.22. The molecule has 12 heteroatoms. The lowest BCUT2D eigenvalue weighted by atomic mass is 10.2. The largest absolute Gasteiger partial charge is 0.506 e. The van der Waals surface area contributed by atoms with E-state index in [2.05, 4.69) is 20.3 Å². The van der Waals surface area contributed by atoms with Gasteiger partial charge >= 0.3 is 6.18 Å². The van der Waals surface area contributed by atoms with Crippen molar-refractivity contribution in [3.05, 3.63) is 23.7 Å². The van der Waals surface area contributed by atoms with Crippen molar-refractivity contribution in [2.24, 2.45) is 0 Å². The molecule has 28 heavy (non-hydrogen) atoms. The Labute approximate surface area is 156 Å². The van der Waals surface area contributed by atoms with Crippen molar-refractivity contribution in [2.45, 2.75) is 51.3 Å². The number of aromatic nitrogens is 4. The molecule has 154 valence electrons. The number of nitrogens with zero attached hydrogens (tertiary/aromatic N) is 4. The van der Waals surface area contributed by atoms with Crippen LogP contribution in [0.15, 0.2) is 17.8 Å². The second kappa shape index (κ2) is 7.41. The molecule has 2 aromatic rings. The fraction of sp³-hybridized carbons (Fsp3) is 0.562. The van der Waals surface area contributed by atoms with Crippen molar-refractivity contribution < 1.29 is 32.5 Å². The molecule has 1 aliphatic rings. The van der Waals surface area contributed by atoms with Gasteiger partial charge in [0.1, 0.15) is 12.9 Å². The van der Waals surface area contributed by atoms with Gasteiger partial charge in [-0.1, -0.05) is 13.8 Å². The topological polar surface area (TPSA) is 105 Å². The molecule has 0 spiro atoms. The van der Waals surface area contributed by atoms with Gasteiger partial charge in [-0.15, -0.1) is 0 Å². The van der Waals surface area contributed by atoms with Crippen LogP contribution in [0.25, 0.3) is 11.2 Å². The predicted octanol–water partition coefficient (Wildman–Crippen LogP) is 3.07. The lowest BCUT2D eigenvalue weighted by molar-refractivity contribution is -0.144. The normalized spacial score (nSPS) is 20.3. The Bertz CT molecular complexity index is 894. The zero-order chi connectivity index (χ0) is 20.6. The van der Waals surface area contributed by atoms with Crippen LogP contribution in [0.4, 0.5) is 23.4 Å². The number of hydrogen-bond donors (Lipinski definition) is 3. The molecule has 0 saturated heterocycles. The molecule has 2 atom stereocenters. The quantitative estimate of drug-likeness (QED) is 0.635. The van der Waals surface area contributed by atoms with Crippen molar-refractivity contribution >= 4 is 17.0 Å². The number of aliphatic hydroxyl groups excluding tert-OH is 2. The van der Waals surface area contributed by atoms with E-state index in [0.29, 0.717) is 12.8 Å². The number of halogens is 4. The fourth-order valence-corrected chi connectivity index (χ4v) is 2.89. The highest BCUT2D eigenvalue weighted by Gasteiger charge is 2.41. The molecule has 3 N–H and O–H groups in total. The van der Waals surface area contributed by atoms with E-state index < -0.39 is 42.5 Å². The van der Waals surface area contributed by atoms with Crippen LogP contribution in [0.5, 0.6) is 0 Å². The Morgan fingerprint density at radius 2 is 1.96 bits per heavy atom. The van der Waals surface area contributed by atoms with Crippen molar-refractivity contribution in [3.8, 4) is 0 Å². The summed E-state index contributed by atoms with van der Waals surface area (Å²) in [6.07, 6.45) is -6.15. The fourth-order valence-electron chi connectivity index (χ4n) is 2.89. The van der Waals surface area contributed by atoms with E-state index in [1.807, 2.05) is 13.8 Å². The molecule has 3 rings (SSSR count). The van der Waals surface area contributed by atoms with Crippen LogP contribution in [0.2, 0.25) is 0 Å². The van der Waals surface area contributed by atoms with Crippen molar-refractivity contribution in [1.82, 2.24) is 19.5 Å². The highest BCUT2D eigenvalue weighted by atomic mass is 19.4. The maximum atomic E-state index is 14.4. The molecule has 0 amide bonds. The Balaban J connectivity index is 2.12. The van der Waals surface area contributed by atoms with Crippen LogP contribution in [-0.2, 0) is 10.9 Å². The van der Waals surface area contributed by atoms with Gasteiger partial charge in [-0.25, -0.2) is 19.3 Å². The van der Waals surface area contributed by atoms with Gasteiger partial charge in [0.2, 0.25) is 18.2 Å². The van der Waals surface area contributed by atoms with Gasteiger partial charge in [-0.3, -0.25) is 4.57 Å². The summed E-state index contributed by atoms with van der Waals surface area (Å²) in [7, 11) is 0. The Hall–Kier alpha value is -2.63. The molecule has 0 saturated carbocycles. The minimum Gasteiger partial charge on any atom is -0.506 e. The number of nitrogens with one attached hydrogen (secondary N) is 1. The second-order valence-electron chi connectivity index (χ2n) is 6.25. The second-order valence-corrected chi connectivity index (χ2v) is 6.25. The van der Waals surface area contributed by atoms with Crippen LogP contribution in [0.3, 0.4) is 0 Å². The molecule has 0 radical (unpaired) electrons. The molecule has 0 aliphatic carbocycles. The Kier molecular flexibility index (Phi) is 5.33. The number of imidazole rings is 1. The molecular weight excluding hydrogens is 386 g/mol. The van der Waals surface area contributed by atoms with Crippen LogP contribution >= 0.6 is 0 Å². The first-order valence-electron chi connectivity index (χ1n) is 8.63. The number of alkyl halides is 4. The van der Waals surface area contributed by atoms with Crippen LogP contribution in [-0.4, -0.2) is 48.6 Å². The summed E-state index contributed by atoms with van der Waals surface area (Å²) in [5, 5.41) is 21.7. The summed E-state index contributed by atoms with van der Waals surface area (Å²) in [5.74, 6) is -2.77. The zero-order valence-corrected chi connectivity index (χ0v) is 15.0. The van der Waals surface area contributed by atoms with E-state index >= 15 is 0 Å². The molecule has 0 fully saturated rings. The minimum atomic E-state index is -4.84. The predicted molar refractivity (Wildman–Crippen MR) is 90.1 cm³/mol. The van der Waals surface area contributed by atoms with Gasteiger partial charge in [-0.05, 0) is 12.8 Å². The SMILES string of the molecule is CCC(CC)Nc1nc(C(F)(F)F)nc2c1ncn2[C@@H]1OC(CO)=C(O)C1F. The van der Waals surface area contributed by atoms with Crippen molar-refractivity contribution in [3.63, 3.8) is 0 Å². The number of fused-ring (bicyclic) bond motifs is 1. The number of rotatable bonds is 6. The molecule has 1 unspecified atom stereocenters. The van der Waals surface area contributed by atoms with E-state index in [1.54, 1.807) is 0 Å². The molecule has 3 heterocycles. The first kappa shape index (κ1) is 20.1. The lowest BCUT2D eigenvalue weighted by Gasteiger charge is -2.18. The average molecular weight is 405 g/mol.